The first-order chi connectivity index (χ1) is 9.40. The van der Waals surface area contributed by atoms with E-state index in [0.29, 0.717) is 12.5 Å². The fourth-order valence-electron chi connectivity index (χ4n) is 3.15. The molecule has 2 unspecified atom stereocenters. The van der Waals surface area contributed by atoms with E-state index in [4.69, 9.17) is 5.73 Å². The van der Waals surface area contributed by atoms with Crippen molar-refractivity contribution < 1.29 is 9.18 Å². The maximum absolute atomic E-state index is 13.2. The Morgan fingerprint density at radius 3 is 2.95 bits per heavy atom. The predicted octanol–water partition coefficient (Wildman–Crippen LogP) is 2.69. The summed E-state index contributed by atoms with van der Waals surface area (Å²) in [6.07, 6.45) is 3.61. The quantitative estimate of drug-likeness (QED) is 0.924. The second kappa shape index (κ2) is 5.92. The largest absolute Gasteiger partial charge is 0.340 e. The summed E-state index contributed by atoms with van der Waals surface area (Å²) in [5.41, 5.74) is 6.35. The zero-order chi connectivity index (χ0) is 14.8. The molecule has 0 aliphatic heterocycles. The first-order valence-corrected chi connectivity index (χ1v) is 7.19. The van der Waals surface area contributed by atoms with Gasteiger partial charge in [0, 0.05) is 13.6 Å². The lowest BCUT2D eigenvalue weighted by atomic mass is 9.76. The van der Waals surface area contributed by atoms with Crippen LogP contribution < -0.4 is 5.73 Å². The molecule has 1 fully saturated rings. The lowest BCUT2D eigenvalue weighted by molar-refractivity contribution is -0.138. The van der Waals surface area contributed by atoms with Crippen LogP contribution in [-0.4, -0.2) is 23.4 Å². The van der Waals surface area contributed by atoms with E-state index in [9.17, 15) is 9.18 Å². The van der Waals surface area contributed by atoms with E-state index in [0.717, 1.165) is 31.2 Å². The Morgan fingerprint density at radius 1 is 1.55 bits per heavy atom. The zero-order valence-corrected chi connectivity index (χ0v) is 12.2. The van der Waals surface area contributed by atoms with E-state index in [-0.39, 0.29) is 11.7 Å². The number of likely N-dealkylation sites (N-methyl/N-ethyl adjacent to an activating group) is 1. The van der Waals surface area contributed by atoms with E-state index in [1.54, 1.807) is 18.0 Å². The molecule has 1 aliphatic rings. The van der Waals surface area contributed by atoms with Gasteiger partial charge in [-0.15, -0.1) is 0 Å². The van der Waals surface area contributed by atoms with Gasteiger partial charge in [0.05, 0.1) is 5.54 Å². The van der Waals surface area contributed by atoms with Gasteiger partial charge in [0.15, 0.2) is 0 Å². The standard InChI is InChI=1S/C16H23FN2O/c1-12-5-4-8-16(18,10-12)15(20)19(2)11-13-6-3-7-14(17)9-13/h3,6-7,9,12H,4-5,8,10-11,18H2,1-2H3. The number of hydrogen-bond donors (Lipinski definition) is 1. The monoisotopic (exact) mass is 278 g/mol. The molecule has 0 aromatic heterocycles. The number of hydrogen-bond acceptors (Lipinski definition) is 2. The molecule has 1 aromatic carbocycles. The van der Waals surface area contributed by atoms with Crippen molar-refractivity contribution in [3.8, 4) is 0 Å². The van der Waals surface area contributed by atoms with Gasteiger partial charge in [0.25, 0.3) is 0 Å². The van der Waals surface area contributed by atoms with E-state index in [1.165, 1.54) is 12.1 Å². The molecule has 0 heterocycles. The van der Waals surface area contributed by atoms with E-state index < -0.39 is 5.54 Å². The number of halogens is 1. The molecule has 0 saturated heterocycles. The summed E-state index contributed by atoms with van der Waals surface area (Å²) in [4.78, 5) is 14.2. The van der Waals surface area contributed by atoms with Crippen molar-refractivity contribution >= 4 is 5.91 Å². The number of nitrogens with zero attached hydrogens (tertiary/aromatic N) is 1. The molecule has 4 heteroatoms. The van der Waals surface area contributed by atoms with Crippen LogP contribution in [0.2, 0.25) is 0 Å². The number of nitrogens with two attached hydrogens (primary N) is 1. The molecule has 1 aliphatic carbocycles. The molecular weight excluding hydrogens is 255 g/mol. The van der Waals surface area contributed by atoms with Crippen molar-refractivity contribution in [1.82, 2.24) is 4.90 Å². The summed E-state index contributed by atoms with van der Waals surface area (Å²) in [5.74, 6) is 0.172. The first-order valence-electron chi connectivity index (χ1n) is 7.19. The third kappa shape index (κ3) is 3.37. The van der Waals surface area contributed by atoms with Crippen LogP contribution in [0.15, 0.2) is 24.3 Å². The van der Waals surface area contributed by atoms with Gasteiger partial charge in [-0.1, -0.05) is 31.9 Å². The number of carbonyl (C=O) groups is 1. The third-order valence-corrected chi connectivity index (χ3v) is 4.11. The molecular formula is C16H23FN2O. The Morgan fingerprint density at radius 2 is 2.30 bits per heavy atom. The van der Waals surface area contributed by atoms with Crippen LogP contribution in [0.25, 0.3) is 0 Å². The summed E-state index contributed by atoms with van der Waals surface area (Å²) in [6.45, 7) is 2.53. The molecule has 1 aromatic rings. The lowest BCUT2D eigenvalue weighted by Gasteiger charge is -2.38. The van der Waals surface area contributed by atoms with Gasteiger partial charge < -0.3 is 10.6 Å². The van der Waals surface area contributed by atoms with Gasteiger partial charge in [-0.05, 0) is 36.5 Å². The summed E-state index contributed by atoms with van der Waals surface area (Å²) in [5, 5.41) is 0. The average molecular weight is 278 g/mol. The fraction of sp³-hybridized carbons (Fsp3) is 0.562. The Balaban J connectivity index is 2.04. The molecule has 0 bridgehead atoms. The van der Waals surface area contributed by atoms with Crippen molar-refractivity contribution in [1.29, 1.82) is 0 Å². The second-order valence-corrected chi connectivity index (χ2v) is 6.15. The highest BCUT2D eigenvalue weighted by Crippen LogP contribution is 2.31. The van der Waals surface area contributed by atoms with Gasteiger partial charge >= 0.3 is 0 Å². The Bertz CT molecular complexity index is 491. The molecule has 2 N–H and O–H groups in total. The number of amides is 1. The van der Waals surface area contributed by atoms with Crippen molar-refractivity contribution in [3.05, 3.63) is 35.6 Å². The van der Waals surface area contributed by atoms with Crippen molar-refractivity contribution in [3.63, 3.8) is 0 Å². The molecule has 2 atom stereocenters. The molecule has 0 spiro atoms. The Kier molecular flexibility index (Phi) is 4.43. The summed E-state index contributed by atoms with van der Waals surface area (Å²) >= 11 is 0. The minimum absolute atomic E-state index is 0.0340. The van der Waals surface area contributed by atoms with E-state index >= 15 is 0 Å². The minimum Gasteiger partial charge on any atom is -0.340 e. The SMILES string of the molecule is CC1CCCC(N)(C(=O)N(C)Cc2cccc(F)c2)C1. The van der Waals surface area contributed by atoms with Gasteiger partial charge in [0.2, 0.25) is 5.91 Å². The Hall–Kier alpha value is -1.42. The highest BCUT2D eigenvalue weighted by atomic mass is 19.1. The predicted molar refractivity (Wildman–Crippen MR) is 77.4 cm³/mol. The molecule has 1 saturated carbocycles. The lowest BCUT2D eigenvalue weighted by Crippen LogP contribution is -2.56. The van der Waals surface area contributed by atoms with Gasteiger partial charge in [-0.25, -0.2) is 4.39 Å². The maximum atomic E-state index is 13.2. The van der Waals surface area contributed by atoms with Crippen LogP contribution in [-0.2, 0) is 11.3 Å². The molecule has 0 radical (unpaired) electrons. The fourth-order valence-corrected chi connectivity index (χ4v) is 3.15. The number of benzene rings is 1. The van der Waals surface area contributed by atoms with Crippen LogP contribution in [0.1, 0.15) is 38.2 Å². The smallest absolute Gasteiger partial charge is 0.242 e. The molecule has 2 rings (SSSR count). The first kappa shape index (κ1) is 15.0. The normalized spacial score (nSPS) is 26.3. The highest BCUT2D eigenvalue weighted by Gasteiger charge is 2.39. The minimum atomic E-state index is -0.750. The molecule has 1 amide bonds. The highest BCUT2D eigenvalue weighted by molar-refractivity contribution is 5.86. The molecule has 110 valence electrons. The van der Waals surface area contributed by atoms with Crippen molar-refractivity contribution in [2.75, 3.05) is 7.05 Å². The van der Waals surface area contributed by atoms with Gasteiger partial charge in [-0.3, -0.25) is 4.79 Å². The summed E-state index contributed by atoms with van der Waals surface area (Å²) < 4.78 is 13.2. The third-order valence-electron chi connectivity index (χ3n) is 4.11. The van der Waals surface area contributed by atoms with Crippen LogP contribution in [0.5, 0.6) is 0 Å². The number of carbonyl (C=O) groups excluding carboxylic acids is 1. The topological polar surface area (TPSA) is 46.3 Å². The van der Waals surface area contributed by atoms with Crippen molar-refractivity contribution in [2.24, 2.45) is 11.7 Å². The molecule has 20 heavy (non-hydrogen) atoms. The zero-order valence-electron chi connectivity index (χ0n) is 12.2. The molecule has 3 nitrogen and oxygen atoms in total. The summed E-state index contributed by atoms with van der Waals surface area (Å²) in [6, 6.07) is 6.33. The Labute approximate surface area is 120 Å². The second-order valence-electron chi connectivity index (χ2n) is 6.15. The van der Waals surface area contributed by atoms with Crippen molar-refractivity contribution in [2.45, 2.75) is 44.7 Å². The van der Waals surface area contributed by atoms with E-state index in [1.807, 2.05) is 6.07 Å². The number of rotatable bonds is 3. The average Bonchev–Trinajstić information content (AvgIpc) is 2.37. The van der Waals surface area contributed by atoms with Crippen LogP contribution in [0, 0.1) is 11.7 Å². The van der Waals surface area contributed by atoms with Gasteiger partial charge in [0.1, 0.15) is 5.82 Å². The van der Waals surface area contributed by atoms with Crippen LogP contribution >= 0.6 is 0 Å². The van der Waals surface area contributed by atoms with Gasteiger partial charge in [-0.2, -0.15) is 0 Å². The maximum Gasteiger partial charge on any atom is 0.242 e. The van der Waals surface area contributed by atoms with E-state index in [2.05, 4.69) is 6.92 Å². The van der Waals surface area contributed by atoms with Crippen LogP contribution in [0.4, 0.5) is 4.39 Å². The van der Waals surface area contributed by atoms with Crippen LogP contribution in [0.3, 0.4) is 0 Å². The summed E-state index contributed by atoms with van der Waals surface area (Å²) in [7, 11) is 1.74.